The van der Waals surface area contributed by atoms with E-state index in [4.69, 9.17) is 11.6 Å². The third-order valence-corrected chi connectivity index (χ3v) is 6.39. The number of amides is 2. The zero-order valence-electron chi connectivity index (χ0n) is 15.7. The molecule has 0 aliphatic carbocycles. The van der Waals surface area contributed by atoms with Crippen LogP contribution in [0.25, 0.3) is 0 Å². The van der Waals surface area contributed by atoms with Gasteiger partial charge in [0.05, 0.1) is 12.1 Å². The van der Waals surface area contributed by atoms with Crippen LogP contribution in [0.5, 0.6) is 0 Å². The normalized spacial score (nSPS) is 25.0. The predicted octanol–water partition coefficient (Wildman–Crippen LogP) is 0.639. The van der Waals surface area contributed by atoms with Crippen molar-refractivity contribution >= 4 is 41.1 Å². The van der Waals surface area contributed by atoms with Gasteiger partial charge in [0.1, 0.15) is 6.04 Å². The summed E-state index contributed by atoms with van der Waals surface area (Å²) < 4.78 is 0. The van der Waals surface area contributed by atoms with Crippen LogP contribution in [0.3, 0.4) is 0 Å². The number of thioether (sulfide) groups is 1. The lowest BCUT2D eigenvalue weighted by atomic mass is 9.94. The standard InChI is InChI=1S/C19H24ClN3O5S/c20-13-3-1-11(2-4-13)12(7-21-18(26)15-9-29-10-22-15)5-17(25)23-8-14(24)6-16(23)19(27)28/h1-4,12,14-16,22,24H,5-10H2,(H,21,26)(H,27,28)/t12-,14-,15-,16-/m0/s1. The number of β-amino-alcohol motifs (C(OH)–C–C–N with tert-alkyl or cyclic N) is 1. The molecule has 158 valence electrons. The van der Waals surface area contributed by atoms with Gasteiger partial charge in [0, 0.05) is 48.5 Å². The fourth-order valence-electron chi connectivity index (χ4n) is 3.60. The highest BCUT2D eigenvalue weighted by atomic mass is 35.5. The van der Waals surface area contributed by atoms with Gasteiger partial charge in [-0.1, -0.05) is 23.7 Å². The van der Waals surface area contributed by atoms with Crippen molar-refractivity contribution in [1.82, 2.24) is 15.5 Å². The number of carbonyl (C=O) groups is 3. The van der Waals surface area contributed by atoms with Crippen LogP contribution >= 0.6 is 23.4 Å². The van der Waals surface area contributed by atoms with E-state index in [1.807, 2.05) is 0 Å². The van der Waals surface area contributed by atoms with Gasteiger partial charge in [0.2, 0.25) is 11.8 Å². The molecule has 0 aromatic heterocycles. The first-order chi connectivity index (χ1) is 13.8. The SMILES string of the molecule is O=C(NC[C@H](CC(=O)N1C[C@@H](O)C[C@H]1C(=O)O)c1ccc(Cl)cc1)[C@@H]1CSCN1. The van der Waals surface area contributed by atoms with Crippen molar-refractivity contribution in [2.24, 2.45) is 0 Å². The van der Waals surface area contributed by atoms with Gasteiger partial charge in [-0.25, -0.2) is 4.79 Å². The molecule has 8 nitrogen and oxygen atoms in total. The van der Waals surface area contributed by atoms with Gasteiger partial charge in [-0.3, -0.25) is 14.9 Å². The molecule has 3 rings (SSSR count). The van der Waals surface area contributed by atoms with Crippen molar-refractivity contribution in [3.63, 3.8) is 0 Å². The van der Waals surface area contributed by atoms with Gasteiger partial charge in [-0.2, -0.15) is 0 Å². The molecular formula is C19H24ClN3O5S. The van der Waals surface area contributed by atoms with E-state index < -0.39 is 18.1 Å². The topological polar surface area (TPSA) is 119 Å². The summed E-state index contributed by atoms with van der Waals surface area (Å²) in [6.07, 6.45) is -0.806. The predicted molar refractivity (Wildman–Crippen MR) is 110 cm³/mol. The Labute approximate surface area is 178 Å². The lowest BCUT2D eigenvalue weighted by Gasteiger charge is -2.25. The zero-order chi connectivity index (χ0) is 21.0. The van der Waals surface area contributed by atoms with Crippen molar-refractivity contribution in [3.05, 3.63) is 34.9 Å². The first-order valence-corrected chi connectivity index (χ1v) is 10.9. The van der Waals surface area contributed by atoms with E-state index in [0.29, 0.717) is 10.8 Å². The summed E-state index contributed by atoms with van der Waals surface area (Å²) in [4.78, 5) is 37.8. The van der Waals surface area contributed by atoms with E-state index in [1.165, 1.54) is 4.90 Å². The molecule has 2 amide bonds. The van der Waals surface area contributed by atoms with E-state index in [0.717, 1.165) is 11.4 Å². The molecule has 1 aromatic carbocycles. The van der Waals surface area contributed by atoms with Crippen molar-refractivity contribution in [2.45, 2.75) is 36.9 Å². The Hall–Kier alpha value is -1.81. The van der Waals surface area contributed by atoms with Crippen LogP contribution in [-0.2, 0) is 14.4 Å². The maximum atomic E-state index is 12.9. The number of likely N-dealkylation sites (tertiary alicyclic amines) is 1. The summed E-state index contributed by atoms with van der Waals surface area (Å²) in [6, 6.07) is 5.73. The van der Waals surface area contributed by atoms with Gasteiger partial charge in [0.15, 0.2) is 0 Å². The number of aliphatic hydroxyl groups is 1. The van der Waals surface area contributed by atoms with Gasteiger partial charge in [0.25, 0.3) is 0 Å². The Kier molecular flexibility index (Phi) is 7.39. The van der Waals surface area contributed by atoms with Crippen molar-refractivity contribution in [1.29, 1.82) is 0 Å². The molecule has 2 fully saturated rings. The highest BCUT2D eigenvalue weighted by molar-refractivity contribution is 7.99. The van der Waals surface area contributed by atoms with Crippen LogP contribution < -0.4 is 10.6 Å². The minimum Gasteiger partial charge on any atom is -0.480 e. The largest absolute Gasteiger partial charge is 0.480 e. The Morgan fingerprint density at radius 1 is 1.31 bits per heavy atom. The summed E-state index contributed by atoms with van der Waals surface area (Å²) >= 11 is 7.61. The Bertz CT molecular complexity index is 757. The Morgan fingerprint density at radius 3 is 2.66 bits per heavy atom. The molecule has 10 heteroatoms. The summed E-state index contributed by atoms with van der Waals surface area (Å²) in [6.45, 7) is 0.238. The number of halogens is 1. The van der Waals surface area contributed by atoms with Crippen molar-refractivity contribution in [3.8, 4) is 0 Å². The van der Waals surface area contributed by atoms with Gasteiger partial charge >= 0.3 is 5.97 Å². The van der Waals surface area contributed by atoms with Gasteiger partial charge in [-0.05, 0) is 17.7 Å². The van der Waals surface area contributed by atoms with Crippen LogP contribution in [0.15, 0.2) is 24.3 Å². The van der Waals surface area contributed by atoms with Crippen LogP contribution in [0.2, 0.25) is 5.02 Å². The number of carbonyl (C=O) groups excluding carboxylic acids is 2. The molecule has 0 bridgehead atoms. The minimum atomic E-state index is -1.13. The first-order valence-electron chi connectivity index (χ1n) is 9.39. The number of rotatable bonds is 7. The quantitative estimate of drug-likeness (QED) is 0.490. The number of benzene rings is 1. The monoisotopic (exact) mass is 441 g/mol. The van der Waals surface area contributed by atoms with Gasteiger partial charge < -0.3 is 20.4 Å². The molecule has 0 spiro atoms. The lowest BCUT2D eigenvalue weighted by Crippen LogP contribution is -2.44. The molecule has 2 aliphatic heterocycles. The van der Waals surface area contributed by atoms with Crippen LogP contribution in [-0.4, -0.2) is 75.8 Å². The highest BCUT2D eigenvalue weighted by Gasteiger charge is 2.39. The molecule has 29 heavy (non-hydrogen) atoms. The molecular weight excluding hydrogens is 418 g/mol. The molecule has 0 saturated carbocycles. The van der Waals surface area contributed by atoms with E-state index in [9.17, 15) is 24.6 Å². The number of nitrogens with one attached hydrogen (secondary N) is 2. The second kappa shape index (κ2) is 9.80. The molecule has 2 heterocycles. The smallest absolute Gasteiger partial charge is 0.326 e. The molecule has 0 unspecified atom stereocenters. The third kappa shape index (κ3) is 5.63. The number of carboxylic acid groups (broad SMARTS) is 1. The van der Waals surface area contributed by atoms with E-state index in [2.05, 4.69) is 10.6 Å². The number of aliphatic carboxylic acids is 1. The Balaban J connectivity index is 1.70. The summed E-state index contributed by atoms with van der Waals surface area (Å²) in [7, 11) is 0. The van der Waals surface area contributed by atoms with Crippen molar-refractivity contribution < 1.29 is 24.6 Å². The summed E-state index contributed by atoms with van der Waals surface area (Å²) in [5, 5.41) is 25.7. The number of carboxylic acids is 1. The summed E-state index contributed by atoms with van der Waals surface area (Å²) in [5.74, 6) is -0.534. The number of hydrogen-bond acceptors (Lipinski definition) is 6. The second-order valence-corrected chi connectivity index (χ2v) is 8.73. The van der Waals surface area contributed by atoms with E-state index in [1.54, 1.807) is 36.0 Å². The molecule has 4 N–H and O–H groups in total. The van der Waals surface area contributed by atoms with E-state index >= 15 is 0 Å². The fraction of sp³-hybridized carbons (Fsp3) is 0.526. The van der Waals surface area contributed by atoms with Crippen molar-refractivity contribution in [2.75, 3.05) is 24.7 Å². The molecule has 2 saturated heterocycles. The fourth-order valence-corrected chi connectivity index (χ4v) is 4.67. The average Bonchev–Trinajstić information content (AvgIpc) is 3.35. The number of aliphatic hydroxyl groups excluding tert-OH is 1. The van der Waals surface area contributed by atoms with Crippen LogP contribution in [0.4, 0.5) is 0 Å². The minimum absolute atomic E-state index is 0.00128. The second-order valence-electron chi connectivity index (χ2n) is 7.26. The van der Waals surface area contributed by atoms with Gasteiger partial charge in [-0.15, -0.1) is 11.8 Å². The molecule has 4 atom stereocenters. The van der Waals surface area contributed by atoms with Crippen LogP contribution in [0, 0.1) is 0 Å². The maximum absolute atomic E-state index is 12.9. The van der Waals surface area contributed by atoms with Crippen LogP contribution in [0.1, 0.15) is 24.3 Å². The third-order valence-electron chi connectivity index (χ3n) is 5.20. The Morgan fingerprint density at radius 2 is 2.03 bits per heavy atom. The van der Waals surface area contributed by atoms with E-state index in [-0.39, 0.29) is 49.7 Å². The summed E-state index contributed by atoms with van der Waals surface area (Å²) in [5.41, 5.74) is 0.823. The molecule has 1 aromatic rings. The molecule has 2 aliphatic rings. The first kappa shape index (κ1) is 21.9. The maximum Gasteiger partial charge on any atom is 0.326 e. The molecule has 0 radical (unpaired) electrons. The highest BCUT2D eigenvalue weighted by Crippen LogP contribution is 2.26. The average molecular weight is 442 g/mol. The number of hydrogen-bond donors (Lipinski definition) is 4. The number of nitrogens with zero attached hydrogens (tertiary/aromatic N) is 1. The zero-order valence-corrected chi connectivity index (χ0v) is 17.3. The lowest BCUT2D eigenvalue weighted by molar-refractivity contribution is -0.148.